The van der Waals surface area contributed by atoms with Crippen LogP contribution in [0.2, 0.25) is 0 Å². The van der Waals surface area contributed by atoms with Crippen LogP contribution in [0.15, 0.2) is 35.7 Å². The number of hydrogen-bond donors (Lipinski definition) is 0. The highest BCUT2D eigenvalue weighted by atomic mass is 127. The molecule has 5 heteroatoms. The maximum atomic E-state index is 12.4. The Morgan fingerprint density at radius 1 is 1.19 bits per heavy atom. The number of carbonyl (C=O) groups excluding carboxylic acids is 1. The van der Waals surface area contributed by atoms with Gasteiger partial charge in [-0.05, 0) is 53.3 Å². The zero-order chi connectivity index (χ0) is 14.8. The summed E-state index contributed by atoms with van der Waals surface area (Å²) in [6.07, 6.45) is 0. The molecule has 0 radical (unpaired) electrons. The smallest absolute Gasteiger partial charge is 0.254 e. The lowest BCUT2D eigenvalue weighted by molar-refractivity contribution is 0.0747. The van der Waals surface area contributed by atoms with Crippen LogP contribution in [0.1, 0.15) is 15.9 Å². The maximum Gasteiger partial charge on any atom is 0.254 e. The minimum Gasteiger partial charge on any atom is -0.368 e. The van der Waals surface area contributed by atoms with Gasteiger partial charge in [0.25, 0.3) is 5.91 Å². The van der Waals surface area contributed by atoms with E-state index in [1.165, 1.54) is 11.3 Å². The molecule has 1 aliphatic heterocycles. The molecule has 0 unspecified atom stereocenters. The molecule has 2 heterocycles. The van der Waals surface area contributed by atoms with Gasteiger partial charge >= 0.3 is 0 Å². The van der Waals surface area contributed by atoms with Crippen LogP contribution in [-0.4, -0.2) is 37.0 Å². The van der Waals surface area contributed by atoms with Crippen molar-refractivity contribution in [2.45, 2.75) is 6.92 Å². The second-order valence-electron chi connectivity index (χ2n) is 5.26. The molecule has 1 amide bonds. The highest BCUT2D eigenvalue weighted by Crippen LogP contribution is 2.21. The summed E-state index contributed by atoms with van der Waals surface area (Å²) < 4.78 is 1.16. The van der Waals surface area contributed by atoms with E-state index in [1.807, 2.05) is 16.3 Å². The lowest BCUT2D eigenvalue weighted by Crippen LogP contribution is -2.48. The van der Waals surface area contributed by atoms with Gasteiger partial charge < -0.3 is 9.80 Å². The van der Waals surface area contributed by atoms with Crippen molar-refractivity contribution in [1.29, 1.82) is 0 Å². The van der Waals surface area contributed by atoms with Gasteiger partial charge in [0.2, 0.25) is 0 Å². The van der Waals surface area contributed by atoms with Crippen LogP contribution in [0.25, 0.3) is 0 Å². The van der Waals surface area contributed by atoms with E-state index in [4.69, 9.17) is 0 Å². The first-order chi connectivity index (χ1) is 10.1. The summed E-state index contributed by atoms with van der Waals surface area (Å²) in [5.74, 6) is 0.165. The van der Waals surface area contributed by atoms with Crippen molar-refractivity contribution < 1.29 is 4.79 Å². The number of piperazine rings is 1. The van der Waals surface area contributed by atoms with Crippen molar-refractivity contribution in [3.05, 3.63) is 49.7 Å². The predicted molar refractivity (Wildman–Crippen MR) is 96.3 cm³/mol. The Labute approximate surface area is 142 Å². The average Bonchev–Trinajstić information content (AvgIpc) is 2.93. The lowest BCUT2D eigenvalue weighted by atomic mass is 10.2. The molecule has 110 valence electrons. The zero-order valence-corrected chi connectivity index (χ0v) is 14.9. The van der Waals surface area contributed by atoms with E-state index in [0.717, 1.165) is 34.6 Å². The number of carbonyl (C=O) groups is 1. The van der Waals surface area contributed by atoms with Gasteiger partial charge in [0, 0.05) is 37.2 Å². The fourth-order valence-corrected chi connectivity index (χ4v) is 3.92. The summed E-state index contributed by atoms with van der Waals surface area (Å²) in [5, 5.41) is 1.96. The first-order valence-corrected chi connectivity index (χ1v) is 8.94. The normalized spacial score (nSPS) is 15.3. The van der Waals surface area contributed by atoms with Gasteiger partial charge in [-0.3, -0.25) is 4.79 Å². The Kier molecular flexibility index (Phi) is 4.49. The molecule has 1 aliphatic rings. The van der Waals surface area contributed by atoms with Gasteiger partial charge in [0.05, 0.1) is 8.45 Å². The summed E-state index contributed by atoms with van der Waals surface area (Å²) in [6, 6.07) is 10.5. The number of anilines is 1. The van der Waals surface area contributed by atoms with E-state index in [2.05, 4.69) is 58.7 Å². The second-order valence-corrected chi connectivity index (χ2v) is 8.06. The van der Waals surface area contributed by atoms with E-state index < -0.39 is 0 Å². The Balaban J connectivity index is 1.64. The maximum absolute atomic E-state index is 12.4. The zero-order valence-electron chi connectivity index (χ0n) is 11.9. The Hall–Kier alpha value is -1.08. The van der Waals surface area contributed by atoms with Crippen molar-refractivity contribution in [3.63, 3.8) is 0 Å². The molecule has 3 rings (SSSR count). The third-order valence-electron chi connectivity index (χ3n) is 3.75. The summed E-state index contributed by atoms with van der Waals surface area (Å²) in [4.78, 5) is 16.7. The molecule has 0 atom stereocenters. The Morgan fingerprint density at radius 2 is 1.95 bits per heavy atom. The van der Waals surface area contributed by atoms with Crippen LogP contribution < -0.4 is 4.90 Å². The molecule has 0 N–H and O–H groups in total. The van der Waals surface area contributed by atoms with E-state index in [-0.39, 0.29) is 5.91 Å². The molecule has 1 fully saturated rings. The fraction of sp³-hybridized carbons (Fsp3) is 0.312. The van der Waals surface area contributed by atoms with Crippen LogP contribution in [-0.2, 0) is 0 Å². The molecule has 1 saturated heterocycles. The number of hydrogen-bond acceptors (Lipinski definition) is 3. The molecule has 0 saturated carbocycles. The number of nitrogens with zero attached hydrogens (tertiary/aromatic N) is 2. The van der Waals surface area contributed by atoms with Gasteiger partial charge in [-0.2, -0.15) is 0 Å². The summed E-state index contributed by atoms with van der Waals surface area (Å²) in [6.45, 7) is 5.49. The number of aryl methyl sites for hydroxylation is 1. The molecule has 0 aliphatic carbocycles. The molecule has 0 spiro atoms. The van der Waals surface area contributed by atoms with Gasteiger partial charge in [-0.1, -0.05) is 12.1 Å². The molecule has 1 aromatic carbocycles. The molecular weight excluding hydrogens is 395 g/mol. The van der Waals surface area contributed by atoms with Gasteiger partial charge in [-0.25, -0.2) is 0 Å². The summed E-state index contributed by atoms with van der Waals surface area (Å²) in [7, 11) is 0. The fourth-order valence-electron chi connectivity index (χ4n) is 2.60. The largest absolute Gasteiger partial charge is 0.368 e. The summed E-state index contributed by atoms with van der Waals surface area (Å²) >= 11 is 3.88. The monoisotopic (exact) mass is 412 g/mol. The standard InChI is InChI=1S/C16H17IN2OS/c1-12-3-2-4-14(9-12)18-5-7-19(8-6-18)16(20)13-10-15(17)21-11-13/h2-4,9-11H,5-8H2,1H3. The minimum absolute atomic E-state index is 0.165. The van der Waals surface area contributed by atoms with Crippen LogP contribution in [0.5, 0.6) is 0 Å². The highest BCUT2D eigenvalue weighted by molar-refractivity contribution is 14.1. The van der Waals surface area contributed by atoms with E-state index >= 15 is 0 Å². The van der Waals surface area contributed by atoms with Gasteiger partial charge in [0.1, 0.15) is 0 Å². The van der Waals surface area contributed by atoms with Crippen LogP contribution in [0.3, 0.4) is 0 Å². The van der Waals surface area contributed by atoms with Crippen molar-refractivity contribution in [2.24, 2.45) is 0 Å². The van der Waals surface area contributed by atoms with Crippen molar-refractivity contribution in [2.75, 3.05) is 31.1 Å². The number of rotatable bonds is 2. The molecule has 0 bridgehead atoms. The highest BCUT2D eigenvalue weighted by Gasteiger charge is 2.22. The van der Waals surface area contributed by atoms with E-state index in [9.17, 15) is 4.79 Å². The van der Waals surface area contributed by atoms with Crippen LogP contribution in [0.4, 0.5) is 5.69 Å². The first kappa shape index (κ1) is 14.8. The lowest BCUT2D eigenvalue weighted by Gasteiger charge is -2.36. The predicted octanol–water partition coefficient (Wildman–Crippen LogP) is 3.62. The number of thiophene rings is 1. The van der Waals surface area contributed by atoms with Crippen LogP contribution >= 0.6 is 33.9 Å². The Bertz CT molecular complexity index is 647. The molecule has 1 aromatic heterocycles. The second kappa shape index (κ2) is 6.36. The number of halogens is 1. The molecule has 21 heavy (non-hydrogen) atoms. The molecular formula is C16H17IN2OS. The van der Waals surface area contributed by atoms with Crippen LogP contribution in [0, 0.1) is 9.81 Å². The SMILES string of the molecule is Cc1cccc(N2CCN(C(=O)c3csc(I)c3)CC2)c1. The van der Waals surface area contributed by atoms with Crippen molar-refractivity contribution >= 4 is 45.5 Å². The van der Waals surface area contributed by atoms with E-state index in [1.54, 1.807) is 11.3 Å². The number of amides is 1. The van der Waals surface area contributed by atoms with Crippen molar-refractivity contribution in [1.82, 2.24) is 4.90 Å². The van der Waals surface area contributed by atoms with Gasteiger partial charge in [-0.15, -0.1) is 11.3 Å². The molecule has 2 aromatic rings. The average molecular weight is 412 g/mol. The number of benzene rings is 1. The topological polar surface area (TPSA) is 23.6 Å². The first-order valence-electron chi connectivity index (χ1n) is 6.98. The minimum atomic E-state index is 0.165. The van der Waals surface area contributed by atoms with Crippen molar-refractivity contribution in [3.8, 4) is 0 Å². The van der Waals surface area contributed by atoms with Gasteiger partial charge in [0.15, 0.2) is 0 Å². The third kappa shape index (κ3) is 3.40. The summed E-state index contributed by atoms with van der Waals surface area (Å²) in [5.41, 5.74) is 3.36. The quantitative estimate of drug-likeness (QED) is 0.704. The Morgan fingerprint density at radius 3 is 2.57 bits per heavy atom. The third-order valence-corrected chi connectivity index (χ3v) is 5.54. The van der Waals surface area contributed by atoms with E-state index in [0.29, 0.717) is 0 Å². The molecule has 3 nitrogen and oxygen atoms in total.